The number of rotatable bonds is 6. The second kappa shape index (κ2) is 7.22. The highest BCUT2D eigenvalue weighted by atomic mass is 16.5. The minimum absolute atomic E-state index is 0.0343. The average molecular weight is 281 g/mol. The zero-order valence-electron chi connectivity index (χ0n) is 11.5. The van der Waals surface area contributed by atoms with Gasteiger partial charge in [0.15, 0.2) is 11.5 Å². The number of ether oxygens (including phenoxy) is 1. The van der Waals surface area contributed by atoms with Crippen molar-refractivity contribution in [3.05, 3.63) is 23.8 Å². The van der Waals surface area contributed by atoms with Gasteiger partial charge in [0.25, 0.3) is 5.91 Å². The molecule has 5 N–H and O–H groups in total. The zero-order chi connectivity index (χ0) is 15.1. The van der Waals surface area contributed by atoms with E-state index in [4.69, 9.17) is 15.7 Å². The minimum atomic E-state index is -0.445. The fourth-order valence-electron chi connectivity index (χ4n) is 1.72. The molecule has 1 amide bonds. The monoisotopic (exact) mass is 281 g/mol. The number of hydrogen-bond donors (Lipinski definition) is 4. The van der Waals surface area contributed by atoms with Crippen molar-refractivity contribution in [1.29, 1.82) is 0 Å². The number of nitrogens with zero attached hydrogens (tertiary/aromatic N) is 1. The maximum Gasteiger partial charge on any atom is 0.255 e. The van der Waals surface area contributed by atoms with Gasteiger partial charge in [-0.05, 0) is 18.6 Å². The second-order valence-corrected chi connectivity index (χ2v) is 4.23. The number of oxime groups is 1. The number of carbonyl (C=O) groups excluding carboxylic acids is 1. The molecule has 7 nitrogen and oxygen atoms in total. The zero-order valence-corrected chi connectivity index (χ0v) is 11.5. The van der Waals surface area contributed by atoms with Crippen LogP contribution in [0.25, 0.3) is 0 Å². The van der Waals surface area contributed by atoms with Crippen LogP contribution in [0.15, 0.2) is 23.4 Å². The summed E-state index contributed by atoms with van der Waals surface area (Å²) >= 11 is 0. The summed E-state index contributed by atoms with van der Waals surface area (Å²) in [6.07, 6.45) is 0.830. The van der Waals surface area contributed by atoms with Crippen molar-refractivity contribution >= 4 is 11.7 Å². The maximum atomic E-state index is 12.1. The Hall–Kier alpha value is -2.44. The lowest BCUT2D eigenvalue weighted by Gasteiger charge is -2.17. The smallest absolute Gasteiger partial charge is 0.255 e. The summed E-state index contributed by atoms with van der Waals surface area (Å²) in [5, 5.41) is 24.0. The Bertz CT molecular complexity index is 502. The molecule has 1 aromatic rings. The molecule has 0 aromatic heterocycles. The molecule has 0 heterocycles. The molecule has 0 spiro atoms. The number of hydrogen-bond acceptors (Lipinski definition) is 5. The van der Waals surface area contributed by atoms with Gasteiger partial charge in [0, 0.05) is 12.5 Å². The van der Waals surface area contributed by atoms with Crippen molar-refractivity contribution in [2.75, 3.05) is 7.11 Å². The van der Waals surface area contributed by atoms with Crippen LogP contribution in [0.2, 0.25) is 0 Å². The van der Waals surface area contributed by atoms with Crippen LogP contribution in [-0.2, 0) is 0 Å². The fourth-order valence-corrected chi connectivity index (χ4v) is 1.72. The van der Waals surface area contributed by atoms with Crippen LogP contribution in [-0.4, -0.2) is 35.2 Å². The van der Waals surface area contributed by atoms with Gasteiger partial charge >= 0.3 is 0 Å². The minimum Gasteiger partial charge on any atom is -0.504 e. The number of phenolic OH excluding ortho intramolecular Hbond substituents is 1. The van der Waals surface area contributed by atoms with E-state index in [1.165, 1.54) is 13.2 Å². The van der Waals surface area contributed by atoms with Crippen molar-refractivity contribution < 1.29 is 19.8 Å². The predicted molar refractivity (Wildman–Crippen MR) is 74.2 cm³/mol. The molecule has 1 atom stereocenters. The van der Waals surface area contributed by atoms with E-state index in [0.717, 1.165) is 0 Å². The van der Waals surface area contributed by atoms with Crippen LogP contribution in [0.1, 0.15) is 30.1 Å². The highest BCUT2D eigenvalue weighted by Gasteiger charge is 2.18. The number of aromatic hydroxyl groups is 1. The normalized spacial score (nSPS) is 12.8. The molecule has 1 unspecified atom stereocenters. The number of nitrogens with two attached hydrogens (primary N) is 1. The predicted octanol–water partition coefficient (Wildman–Crippen LogP) is 1.05. The lowest BCUT2D eigenvalue weighted by molar-refractivity contribution is 0.0933. The molecule has 20 heavy (non-hydrogen) atoms. The Morgan fingerprint density at radius 1 is 1.55 bits per heavy atom. The highest BCUT2D eigenvalue weighted by Crippen LogP contribution is 2.29. The Balaban J connectivity index is 2.85. The fraction of sp³-hybridized carbons (Fsp3) is 0.385. The molecule has 110 valence electrons. The number of methoxy groups -OCH3 is 1. The van der Waals surface area contributed by atoms with Gasteiger partial charge < -0.3 is 26.1 Å². The Morgan fingerprint density at radius 2 is 2.25 bits per heavy atom. The van der Waals surface area contributed by atoms with Gasteiger partial charge in [0.2, 0.25) is 0 Å². The molecule has 1 aromatic carbocycles. The first-order valence-corrected chi connectivity index (χ1v) is 6.16. The average Bonchev–Trinajstić information content (AvgIpc) is 2.46. The van der Waals surface area contributed by atoms with Gasteiger partial charge in [-0.2, -0.15) is 0 Å². The molecular weight excluding hydrogens is 262 g/mol. The van der Waals surface area contributed by atoms with Crippen LogP contribution in [0.5, 0.6) is 11.5 Å². The maximum absolute atomic E-state index is 12.1. The summed E-state index contributed by atoms with van der Waals surface area (Å²) in [6.45, 7) is 1.86. The van der Waals surface area contributed by atoms with E-state index in [-0.39, 0.29) is 35.4 Å². The number of para-hydroxylation sites is 1. The molecule has 0 aliphatic heterocycles. The molecule has 0 aliphatic carbocycles. The second-order valence-electron chi connectivity index (χ2n) is 4.23. The van der Waals surface area contributed by atoms with Gasteiger partial charge in [-0.25, -0.2) is 0 Å². The van der Waals surface area contributed by atoms with Gasteiger partial charge in [0.1, 0.15) is 5.84 Å². The summed E-state index contributed by atoms with van der Waals surface area (Å²) in [5.74, 6) is -0.403. The number of carbonyl (C=O) groups is 1. The van der Waals surface area contributed by atoms with Gasteiger partial charge in [0.05, 0.1) is 12.7 Å². The number of amidine groups is 1. The largest absolute Gasteiger partial charge is 0.504 e. The molecule has 0 bridgehead atoms. The quantitative estimate of drug-likeness (QED) is 0.269. The lowest BCUT2D eigenvalue weighted by Crippen LogP contribution is -2.37. The van der Waals surface area contributed by atoms with E-state index in [1.807, 2.05) is 6.92 Å². The van der Waals surface area contributed by atoms with E-state index in [0.29, 0.717) is 6.42 Å². The summed E-state index contributed by atoms with van der Waals surface area (Å²) in [4.78, 5) is 12.1. The SMILES string of the molecule is CCC(CC(N)=NO)NC(=O)c1cccc(OC)c1O. The molecule has 0 fully saturated rings. The molecule has 7 heteroatoms. The first kappa shape index (κ1) is 15.6. The van der Waals surface area contributed by atoms with Crippen molar-refractivity contribution in [3.63, 3.8) is 0 Å². The third kappa shape index (κ3) is 3.78. The number of benzene rings is 1. The third-order valence-electron chi connectivity index (χ3n) is 2.88. The Kier molecular flexibility index (Phi) is 5.64. The van der Waals surface area contributed by atoms with E-state index < -0.39 is 5.91 Å². The molecule has 0 radical (unpaired) electrons. The van der Waals surface area contributed by atoms with Crippen molar-refractivity contribution in [2.24, 2.45) is 10.9 Å². The van der Waals surface area contributed by atoms with Crippen LogP contribution < -0.4 is 15.8 Å². The van der Waals surface area contributed by atoms with Crippen molar-refractivity contribution in [1.82, 2.24) is 5.32 Å². The number of nitrogens with one attached hydrogen (secondary N) is 1. The topological polar surface area (TPSA) is 117 Å². The molecule has 0 saturated carbocycles. The highest BCUT2D eigenvalue weighted by molar-refractivity contribution is 5.98. The van der Waals surface area contributed by atoms with Gasteiger partial charge in [-0.1, -0.05) is 18.1 Å². The van der Waals surface area contributed by atoms with Crippen molar-refractivity contribution in [3.8, 4) is 11.5 Å². The summed E-state index contributed by atoms with van der Waals surface area (Å²) < 4.78 is 4.95. The first-order valence-electron chi connectivity index (χ1n) is 6.16. The summed E-state index contributed by atoms with van der Waals surface area (Å²) in [6, 6.07) is 4.37. The molecule has 1 rings (SSSR count). The van der Waals surface area contributed by atoms with E-state index in [2.05, 4.69) is 10.5 Å². The van der Waals surface area contributed by atoms with Crippen LogP contribution in [0, 0.1) is 0 Å². The van der Waals surface area contributed by atoms with E-state index >= 15 is 0 Å². The third-order valence-corrected chi connectivity index (χ3v) is 2.88. The van der Waals surface area contributed by atoms with E-state index in [1.54, 1.807) is 12.1 Å². The summed E-state index contributed by atoms with van der Waals surface area (Å²) in [5.41, 5.74) is 5.53. The molecule has 0 aliphatic rings. The van der Waals surface area contributed by atoms with Crippen molar-refractivity contribution in [2.45, 2.75) is 25.8 Å². The van der Waals surface area contributed by atoms with Crippen LogP contribution in [0.4, 0.5) is 0 Å². The number of phenols is 1. The van der Waals surface area contributed by atoms with Crippen LogP contribution >= 0.6 is 0 Å². The number of amides is 1. The Labute approximate surface area is 117 Å². The molecular formula is C13H19N3O4. The lowest BCUT2D eigenvalue weighted by atomic mass is 10.1. The standard InChI is InChI=1S/C13H19N3O4/c1-3-8(7-11(14)16-19)15-13(18)9-5-4-6-10(20-2)12(9)17/h4-6,8,17,19H,3,7H2,1-2H3,(H2,14,16)(H,15,18). The summed E-state index contributed by atoms with van der Waals surface area (Å²) in [7, 11) is 1.41. The van der Waals surface area contributed by atoms with Gasteiger partial charge in [-0.3, -0.25) is 4.79 Å². The van der Waals surface area contributed by atoms with E-state index in [9.17, 15) is 9.90 Å². The molecule has 0 saturated heterocycles. The van der Waals surface area contributed by atoms with Gasteiger partial charge in [-0.15, -0.1) is 0 Å². The first-order chi connectivity index (χ1) is 9.53. The Morgan fingerprint density at radius 3 is 2.80 bits per heavy atom. The van der Waals surface area contributed by atoms with Crippen LogP contribution in [0.3, 0.4) is 0 Å².